The molecule has 0 unspecified atom stereocenters. The molecule has 6 rings (SSSR count). The van der Waals surface area contributed by atoms with E-state index < -0.39 is 11.9 Å². The van der Waals surface area contributed by atoms with Gasteiger partial charge in [-0.3, -0.25) is 4.90 Å². The second kappa shape index (κ2) is 13.6. The summed E-state index contributed by atoms with van der Waals surface area (Å²) in [5, 5.41) is 20.3. The number of nitrogens with zero attached hydrogens (tertiary/aromatic N) is 6. The first-order valence-corrected chi connectivity index (χ1v) is 14.5. The number of nitrogens with one attached hydrogen (secondary N) is 1. The van der Waals surface area contributed by atoms with Crippen LogP contribution in [0.2, 0.25) is 0 Å². The average Bonchev–Trinajstić information content (AvgIpc) is 3.78. The zero-order chi connectivity index (χ0) is 28.6. The Bertz CT molecular complexity index is 1340. The molecule has 1 aromatic carbocycles. The van der Waals surface area contributed by atoms with E-state index in [9.17, 15) is 9.59 Å². The van der Waals surface area contributed by atoms with E-state index in [1.54, 1.807) is 0 Å². The van der Waals surface area contributed by atoms with Crippen molar-refractivity contribution in [2.75, 3.05) is 68.7 Å². The minimum atomic E-state index is -1.26. The quantitative estimate of drug-likeness (QED) is 0.353. The smallest absolute Gasteiger partial charge is 0.328 e. The van der Waals surface area contributed by atoms with E-state index >= 15 is 0 Å². The summed E-state index contributed by atoms with van der Waals surface area (Å²) < 4.78 is 2.47. The van der Waals surface area contributed by atoms with Crippen molar-refractivity contribution in [3.8, 4) is 11.3 Å². The molecule has 0 atom stereocenters. The molecule has 3 fully saturated rings. The van der Waals surface area contributed by atoms with Gasteiger partial charge in [-0.2, -0.15) is 9.97 Å². The Balaban J connectivity index is 0.000000372. The number of carbonyl (C=O) groups is 2. The molecule has 0 bridgehead atoms. The Labute approximate surface area is 240 Å². The van der Waals surface area contributed by atoms with Crippen molar-refractivity contribution < 1.29 is 19.8 Å². The maximum atomic E-state index is 9.55. The van der Waals surface area contributed by atoms with Gasteiger partial charge in [0, 0.05) is 77.6 Å². The Morgan fingerprint density at radius 2 is 1.41 bits per heavy atom. The highest BCUT2D eigenvalue weighted by Crippen LogP contribution is 2.35. The molecule has 0 spiro atoms. The van der Waals surface area contributed by atoms with Crippen molar-refractivity contribution in [3.63, 3.8) is 0 Å². The average molecular weight is 562 g/mol. The van der Waals surface area contributed by atoms with E-state index in [1.165, 1.54) is 42.3 Å². The van der Waals surface area contributed by atoms with Crippen molar-refractivity contribution in [1.29, 1.82) is 0 Å². The molecule has 11 heteroatoms. The number of hydrogen-bond acceptors (Lipinski definition) is 8. The summed E-state index contributed by atoms with van der Waals surface area (Å²) >= 11 is 0. The number of carboxylic acids is 2. The van der Waals surface area contributed by atoms with Gasteiger partial charge in [-0.25, -0.2) is 9.59 Å². The van der Waals surface area contributed by atoms with Gasteiger partial charge >= 0.3 is 11.9 Å². The van der Waals surface area contributed by atoms with Gasteiger partial charge in [0.15, 0.2) is 0 Å². The highest BCUT2D eigenvalue weighted by atomic mass is 16.4. The molecular formula is C30H39N7O4. The highest BCUT2D eigenvalue weighted by molar-refractivity contribution is 5.94. The zero-order valence-electron chi connectivity index (χ0n) is 23.4. The van der Waals surface area contributed by atoms with Crippen LogP contribution in [0.25, 0.3) is 22.3 Å². The first-order chi connectivity index (χ1) is 20.0. The van der Waals surface area contributed by atoms with Gasteiger partial charge in [-0.05, 0) is 37.3 Å². The third-order valence-electron chi connectivity index (χ3n) is 7.80. The van der Waals surface area contributed by atoms with Gasteiger partial charge < -0.3 is 29.9 Å². The van der Waals surface area contributed by atoms with E-state index in [2.05, 4.69) is 61.0 Å². The fourth-order valence-corrected chi connectivity index (χ4v) is 5.72. The van der Waals surface area contributed by atoms with Crippen molar-refractivity contribution in [2.24, 2.45) is 0 Å². The highest BCUT2D eigenvalue weighted by Gasteiger charge is 2.25. The molecule has 0 amide bonds. The fourth-order valence-electron chi connectivity index (χ4n) is 5.72. The molecule has 0 aliphatic carbocycles. The summed E-state index contributed by atoms with van der Waals surface area (Å²) in [5.41, 5.74) is 3.61. The first kappa shape index (κ1) is 28.6. The number of hydrogen-bond donors (Lipinski definition) is 3. The van der Waals surface area contributed by atoms with E-state index in [-0.39, 0.29) is 0 Å². The fraction of sp³-hybridized carbons (Fsp3) is 0.467. The molecule has 218 valence electrons. The molecule has 41 heavy (non-hydrogen) atoms. The van der Waals surface area contributed by atoms with Crippen molar-refractivity contribution in [3.05, 3.63) is 48.6 Å². The Morgan fingerprint density at radius 3 is 2.02 bits per heavy atom. The number of carboxylic acid groups (broad SMARTS) is 2. The van der Waals surface area contributed by atoms with Crippen LogP contribution in [-0.4, -0.2) is 100 Å². The summed E-state index contributed by atoms with van der Waals surface area (Å²) in [5.74, 6) is -0.458. The number of benzene rings is 1. The number of aliphatic carboxylic acids is 2. The lowest BCUT2D eigenvalue weighted by Crippen LogP contribution is -2.44. The summed E-state index contributed by atoms with van der Waals surface area (Å²) in [6, 6.07) is 13.2. The van der Waals surface area contributed by atoms with Crippen LogP contribution in [0.1, 0.15) is 25.7 Å². The Hall–Kier alpha value is -3.96. The molecule has 3 N–H and O–H groups in total. The Kier molecular flexibility index (Phi) is 9.48. The third-order valence-corrected chi connectivity index (χ3v) is 7.80. The second-order valence-electron chi connectivity index (χ2n) is 10.6. The van der Waals surface area contributed by atoms with Gasteiger partial charge in [-0.15, -0.1) is 0 Å². The van der Waals surface area contributed by atoms with Crippen LogP contribution < -0.4 is 15.1 Å². The predicted molar refractivity (Wildman–Crippen MR) is 160 cm³/mol. The van der Waals surface area contributed by atoms with E-state index in [0.717, 1.165) is 82.9 Å². The monoisotopic (exact) mass is 561 g/mol. The number of piperazine rings is 1. The van der Waals surface area contributed by atoms with E-state index in [1.807, 2.05) is 0 Å². The topological polar surface area (TPSA) is 127 Å². The van der Waals surface area contributed by atoms with E-state index in [0.29, 0.717) is 12.2 Å². The lowest BCUT2D eigenvalue weighted by molar-refractivity contribution is -0.134. The maximum absolute atomic E-state index is 9.55. The van der Waals surface area contributed by atoms with Gasteiger partial charge in [0.1, 0.15) is 11.5 Å². The van der Waals surface area contributed by atoms with Crippen molar-refractivity contribution in [1.82, 2.24) is 24.8 Å². The van der Waals surface area contributed by atoms with Crippen molar-refractivity contribution in [2.45, 2.75) is 32.2 Å². The molecule has 3 aliphatic heterocycles. The molecule has 5 heterocycles. The SMILES string of the molecule is O=C(O)C=CC(=O)O.c1ccc(-c2cc3c(N4CCCC4)nc(N4CCCC4)nc3n2CCN2CCNCC2)cc1. The normalized spacial score (nSPS) is 17.8. The van der Waals surface area contributed by atoms with E-state index in [4.69, 9.17) is 20.2 Å². The van der Waals surface area contributed by atoms with Gasteiger partial charge in [0.25, 0.3) is 0 Å². The third kappa shape index (κ3) is 7.22. The Morgan fingerprint density at radius 1 is 0.805 bits per heavy atom. The largest absolute Gasteiger partial charge is 0.478 e. The van der Waals surface area contributed by atoms with Crippen LogP contribution in [0, 0.1) is 0 Å². The maximum Gasteiger partial charge on any atom is 0.328 e. The molecular weight excluding hydrogens is 522 g/mol. The van der Waals surface area contributed by atoms with Crippen molar-refractivity contribution >= 4 is 34.7 Å². The van der Waals surface area contributed by atoms with Crippen LogP contribution in [0.5, 0.6) is 0 Å². The summed E-state index contributed by atoms with van der Waals surface area (Å²) in [6.45, 7) is 10.7. The number of aromatic nitrogens is 3. The number of rotatable bonds is 8. The van der Waals surface area contributed by atoms with Crippen LogP contribution in [0.4, 0.5) is 11.8 Å². The standard InChI is InChI=1S/C26H35N7.C4H4O4/c1-2-8-21(9-3-1)23-20-22-24(31-12-4-5-13-31)28-26(32-14-6-7-15-32)29-25(22)33(23)19-18-30-16-10-27-11-17-30;5-3(6)1-2-4(7)8/h1-3,8-9,20,27H,4-7,10-19H2;1-2H,(H,5,6)(H,7,8). The van der Waals surface area contributed by atoms with Gasteiger partial charge in [-0.1, -0.05) is 30.3 Å². The van der Waals surface area contributed by atoms with Gasteiger partial charge in [0.05, 0.1) is 11.1 Å². The molecule has 3 aromatic rings. The number of anilines is 2. The predicted octanol–water partition coefficient (Wildman–Crippen LogP) is 2.92. The lowest BCUT2D eigenvalue weighted by atomic mass is 10.1. The minimum Gasteiger partial charge on any atom is -0.478 e. The van der Waals surface area contributed by atoms with Crippen LogP contribution in [-0.2, 0) is 16.1 Å². The molecule has 3 aliphatic rings. The second-order valence-corrected chi connectivity index (χ2v) is 10.6. The van der Waals surface area contributed by atoms with Crippen LogP contribution in [0.3, 0.4) is 0 Å². The van der Waals surface area contributed by atoms with Crippen LogP contribution in [0.15, 0.2) is 48.6 Å². The molecule has 2 aromatic heterocycles. The lowest BCUT2D eigenvalue weighted by Gasteiger charge is -2.27. The van der Waals surface area contributed by atoms with Crippen LogP contribution >= 0.6 is 0 Å². The summed E-state index contributed by atoms with van der Waals surface area (Å²) in [6.07, 6.45) is 6.09. The zero-order valence-corrected chi connectivity index (χ0v) is 23.4. The number of fused-ring (bicyclic) bond motifs is 1. The van der Waals surface area contributed by atoms with Gasteiger partial charge in [0.2, 0.25) is 5.95 Å². The molecule has 0 saturated carbocycles. The summed E-state index contributed by atoms with van der Waals surface area (Å²) in [7, 11) is 0. The summed E-state index contributed by atoms with van der Waals surface area (Å²) in [4.78, 5) is 36.9. The first-order valence-electron chi connectivity index (χ1n) is 14.5. The minimum absolute atomic E-state index is 0.558. The molecule has 3 saturated heterocycles. The molecule has 11 nitrogen and oxygen atoms in total. The molecule has 0 radical (unpaired) electrons.